The molecule has 0 amide bonds. The topological polar surface area (TPSA) is 68.7 Å². The third kappa shape index (κ3) is 7.63. The van der Waals surface area contributed by atoms with E-state index >= 15 is 0 Å². The van der Waals surface area contributed by atoms with Gasteiger partial charge >= 0.3 is 0 Å². The average Bonchev–Trinajstić information content (AvgIpc) is 4.02. The third-order valence-electron chi connectivity index (χ3n) is 12.7. The Morgan fingerprint density at radius 3 is 1.18 bits per heavy atom. The maximum Gasteiger partial charge on any atom is 0.264 e. The van der Waals surface area contributed by atoms with Crippen molar-refractivity contribution in [3.05, 3.63) is 53.7 Å². The minimum absolute atomic E-state index is 0.0267. The highest BCUT2D eigenvalue weighted by atomic mass is 32.1. The Bertz CT molecular complexity index is 2530. The predicted molar refractivity (Wildman–Crippen MR) is 250 cm³/mol. The van der Waals surface area contributed by atoms with E-state index in [4.69, 9.17) is 9.97 Å². The Balaban J connectivity index is 1.07. The molecule has 57 heavy (non-hydrogen) atoms. The molecule has 0 saturated carbocycles. The van der Waals surface area contributed by atoms with E-state index in [0.29, 0.717) is 10.8 Å². The van der Waals surface area contributed by atoms with Crippen molar-refractivity contribution in [1.82, 2.24) is 18.8 Å². The molecule has 0 N–H and O–H groups in total. The smallest absolute Gasteiger partial charge is 0.264 e. The number of fused-ring (bicyclic) bond motifs is 8. The zero-order chi connectivity index (χ0) is 39.5. The van der Waals surface area contributed by atoms with E-state index in [1.54, 1.807) is 34.0 Å². The molecule has 304 valence electrons. The Morgan fingerprint density at radius 1 is 0.474 bits per heavy atom. The van der Waals surface area contributed by atoms with Gasteiger partial charge in [-0.3, -0.25) is 18.4 Å². The SMILES string of the molecule is CCCCCCCCCCCCc1sc2nc3c4sc5c6c(ccc(c(=O)n3c2c1CC)c46)c(=O)n1c5nc2sc(CCCCCCCCCCCC)c(CC)c21. The average molecular weight is 823 g/mol. The second-order valence-electron chi connectivity index (χ2n) is 16.7. The number of benzene rings is 1. The normalized spacial score (nSPS) is 12.6. The Morgan fingerprint density at radius 2 is 0.825 bits per heavy atom. The lowest BCUT2D eigenvalue weighted by molar-refractivity contribution is 0.556. The minimum atomic E-state index is -0.0267. The molecular formula is C48H62N4O2S3. The van der Waals surface area contributed by atoms with Crippen molar-refractivity contribution in [1.29, 1.82) is 0 Å². The largest absolute Gasteiger partial charge is 0.268 e. The summed E-state index contributed by atoms with van der Waals surface area (Å²) in [6, 6.07) is 3.80. The first kappa shape index (κ1) is 40.6. The van der Waals surface area contributed by atoms with E-state index in [1.807, 2.05) is 20.9 Å². The summed E-state index contributed by atoms with van der Waals surface area (Å²) >= 11 is 5.23. The number of unbranched alkanes of at least 4 members (excludes halogenated alkanes) is 18. The number of nitrogens with zero attached hydrogens (tertiary/aromatic N) is 4. The van der Waals surface area contributed by atoms with Crippen molar-refractivity contribution in [2.75, 3.05) is 0 Å². The molecule has 0 atom stereocenters. The Kier molecular flexibility index (Phi) is 13.1. The standard InChI is InChI=1S/C48H62N4O2S3/c1-5-9-11-13-15-17-19-21-23-25-27-35-31(7-3)39-45(55-35)49-43-41-37-33(47(53)51(39)43)29-30-34-38(37)42(57-41)44-50-46-40(52(44)48(34)54)32(8-4)36(56-46)28-26-24-22-20-18-16-14-12-10-6-2/h29-30H,5-28H2,1-4H3. The number of aromatic nitrogens is 4. The number of rotatable bonds is 24. The highest BCUT2D eigenvalue weighted by molar-refractivity contribution is 7.27. The number of hydrogen-bond donors (Lipinski definition) is 0. The van der Waals surface area contributed by atoms with Gasteiger partial charge in [-0.2, -0.15) is 0 Å². The molecule has 0 bridgehead atoms. The van der Waals surface area contributed by atoms with Crippen molar-refractivity contribution in [3.63, 3.8) is 0 Å². The molecule has 6 nitrogen and oxygen atoms in total. The van der Waals surface area contributed by atoms with Crippen LogP contribution < -0.4 is 11.1 Å². The van der Waals surface area contributed by atoms with Gasteiger partial charge in [-0.1, -0.05) is 143 Å². The molecule has 1 aromatic carbocycles. The lowest BCUT2D eigenvalue weighted by Gasteiger charge is -2.07. The number of imidazole rings is 2. The van der Waals surface area contributed by atoms with E-state index in [-0.39, 0.29) is 11.1 Å². The van der Waals surface area contributed by atoms with Crippen LogP contribution in [0.1, 0.15) is 177 Å². The van der Waals surface area contributed by atoms with Gasteiger partial charge in [0.1, 0.15) is 9.66 Å². The highest BCUT2D eigenvalue weighted by Gasteiger charge is 2.28. The van der Waals surface area contributed by atoms with Crippen molar-refractivity contribution >= 4 is 96.9 Å². The van der Waals surface area contributed by atoms with Crippen LogP contribution in [-0.2, 0) is 25.7 Å². The van der Waals surface area contributed by atoms with E-state index in [0.717, 1.165) is 77.8 Å². The maximum absolute atomic E-state index is 14.5. The number of hydrogen-bond acceptors (Lipinski definition) is 7. The lowest BCUT2D eigenvalue weighted by Crippen LogP contribution is -2.15. The Labute approximate surface area is 349 Å². The molecule has 7 heterocycles. The van der Waals surface area contributed by atoms with Crippen molar-refractivity contribution in [2.24, 2.45) is 0 Å². The molecule has 8 rings (SSSR count). The summed E-state index contributed by atoms with van der Waals surface area (Å²) in [7, 11) is 0. The van der Waals surface area contributed by atoms with Crippen molar-refractivity contribution in [2.45, 2.75) is 182 Å². The van der Waals surface area contributed by atoms with E-state index in [9.17, 15) is 9.59 Å². The molecule has 7 aromatic heterocycles. The van der Waals surface area contributed by atoms with Gasteiger partial charge in [0.2, 0.25) is 0 Å². The quantitative estimate of drug-likeness (QED) is 0.0450. The third-order valence-corrected chi connectivity index (χ3v) is 16.3. The second-order valence-corrected chi connectivity index (χ2v) is 19.9. The summed E-state index contributed by atoms with van der Waals surface area (Å²) in [4.78, 5) is 44.2. The first-order valence-electron chi connectivity index (χ1n) is 22.8. The summed E-state index contributed by atoms with van der Waals surface area (Å²) in [6.45, 7) is 8.99. The molecule has 0 spiro atoms. The molecule has 0 aliphatic rings. The second kappa shape index (κ2) is 18.4. The lowest BCUT2D eigenvalue weighted by atomic mass is 10.0. The minimum Gasteiger partial charge on any atom is -0.268 e. The summed E-state index contributed by atoms with van der Waals surface area (Å²) in [6.07, 6.45) is 30.5. The van der Waals surface area contributed by atoms with Crippen LogP contribution in [-0.4, -0.2) is 18.8 Å². The molecule has 0 aliphatic carbocycles. The zero-order valence-corrected chi connectivity index (χ0v) is 37.4. The first-order valence-corrected chi connectivity index (χ1v) is 25.2. The first-order chi connectivity index (χ1) is 28.0. The molecule has 0 radical (unpaired) electrons. The fourth-order valence-corrected chi connectivity index (χ4v) is 13.5. The van der Waals surface area contributed by atoms with Gasteiger partial charge in [-0.15, -0.1) is 34.0 Å². The van der Waals surface area contributed by atoms with Gasteiger partial charge in [-0.25, -0.2) is 9.97 Å². The van der Waals surface area contributed by atoms with Crippen molar-refractivity contribution < 1.29 is 0 Å². The zero-order valence-electron chi connectivity index (χ0n) is 35.0. The molecule has 8 aromatic rings. The van der Waals surface area contributed by atoms with Crippen LogP contribution in [0.5, 0.6) is 0 Å². The maximum atomic E-state index is 14.5. The van der Waals surface area contributed by atoms with Gasteiger partial charge in [-0.05, 0) is 61.8 Å². The van der Waals surface area contributed by atoms with E-state index < -0.39 is 0 Å². The molecule has 0 unspecified atom stereocenters. The van der Waals surface area contributed by atoms with Gasteiger partial charge in [0.25, 0.3) is 11.1 Å². The number of aryl methyl sites for hydroxylation is 4. The van der Waals surface area contributed by atoms with Crippen LogP contribution in [0, 0.1) is 0 Å². The summed E-state index contributed by atoms with van der Waals surface area (Å²) in [5.74, 6) is 0. The molecule has 0 fully saturated rings. The monoisotopic (exact) mass is 822 g/mol. The van der Waals surface area contributed by atoms with Crippen molar-refractivity contribution in [3.8, 4) is 0 Å². The van der Waals surface area contributed by atoms with Gasteiger partial charge < -0.3 is 0 Å². The summed E-state index contributed by atoms with van der Waals surface area (Å²) in [5.41, 5.74) is 5.96. The van der Waals surface area contributed by atoms with E-state index in [2.05, 4.69) is 27.7 Å². The summed E-state index contributed by atoms with van der Waals surface area (Å²) in [5, 5.41) is 3.11. The summed E-state index contributed by atoms with van der Waals surface area (Å²) < 4.78 is 5.79. The van der Waals surface area contributed by atoms with Crippen LogP contribution in [0.4, 0.5) is 0 Å². The predicted octanol–water partition coefficient (Wildman–Crippen LogP) is 14.6. The van der Waals surface area contributed by atoms with Gasteiger partial charge in [0.15, 0.2) is 11.3 Å². The van der Waals surface area contributed by atoms with Gasteiger partial charge in [0, 0.05) is 31.3 Å². The molecule has 9 heteroatoms. The number of thiophene rings is 3. The molecular weight excluding hydrogens is 761 g/mol. The van der Waals surface area contributed by atoms with Crippen LogP contribution in [0.25, 0.3) is 62.9 Å². The molecule has 0 saturated heterocycles. The van der Waals surface area contributed by atoms with E-state index in [1.165, 1.54) is 149 Å². The van der Waals surface area contributed by atoms with Gasteiger partial charge in [0.05, 0.1) is 20.4 Å². The Hall–Kier alpha value is -3.14. The number of pyridine rings is 2. The highest BCUT2D eigenvalue weighted by Crippen LogP contribution is 2.45. The fraction of sp³-hybridized carbons (Fsp3) is 0.583. The van der Waals surface area contributed by atoms with Crippen LogP contribution >= 0.6 is 34.0 Å². The molecule has 0 aliphatic heterocycles. The fourth-order valence-electron chi connectivity index (χ4n) is 9.66. The van der Waals surface area contributed by atoms with Crippen LogP contribution in [0.15, 0.2) is 21.7 Å². The van der Waals surface area contributed by atoms with Crippen LogP contribution in [0.3, 0.4) is 0 Å². The van der Waals surface area contributed by atoms with Crippen LogP contribution in [0.2, 0.25) is 0 Å².